The van der Waals surface area contributed by atoms with E-state index in [1.165, 1.54) is 12.1 Å². The van der Waals surface area contributed by atoms with Crippen LogP contribution >= 0.6 is 0 Å². The van der Waals surface area contributed by atoms with Crippen LogP contribution in [0.1, 0.15) is 43.7 Å². The van der Waals surface area contributed by atoms with E-state index in [0.717, 1.165) is 64.5 Å². The molecule has 3 N–H and O–H groups in total. The zero-order valence-electron chi connectivity index (χ0n) is 20.1. The second kappa shape index (κ2) is 9.28. The molecule has 3 aromatic heterocycles. The molecule has 0 unspecified atom stereocenters. The van der Waals surface area contributed by atoms with Gasteiger partial charge in [-0.05, 0) is 61.4 Å². The Morgan fingerprint density at radius 1 is 1.03 bits per heavy atom. The van der Waals surface area contributed by atoms with Gasteiger partial charge in [0.2, 0.25) is 0 Å². The van der Waals surface area contributed by atoms with Gasteiger partial charge in [0.05, 0.1) is 17.4 Å². The van der Waals surface area contributed by atoms with Crippen molar-refractivity contribution in [2.24, 2.45) is 5.92 Å². The normalized spacial score (nSPS) is 17.9. The van der Waals surface area contributed by atoms with Gasteiger partial charge in [-0.3, -0.25) is 9.78 Å². The van der Waals surface area contributed by atoms with E-state index in [-0.39, 0.29) is 24.1 Å². The summed E-state index contributed by atoms with van der Waals surface area (Å²) in [6.45, 7) is 0. The number of anilines is 1. The summed E-state index contributed by atoms with van der Waals surface area (Å²) in [4.78, 5) is 21.0. The molecule has 0 spiro atoms. The summed E-state index contributed by atoms with van der Waals surface area (Å²) in [6, 6.07) is 16.3. The van der Waals surface area contributed by atoms with E-state index >= 15 is 0 Å². The van der Waals surface area contributed by atoms with Crippen molar-refractivity contribution >= 4 is 28.3 Å². The third-order valence-electron chi connectivity index (χ3n) is 7.44. The highest BCUT2D eigenvalue weighted by molar-refractivity contribution is 5.88. The quantitative estimate of drug-likeness (QED) is 0.306. The Labute approximate surface area is 212 Å². The van der Waals surface area contributed by atoms with Crippen molar-refractivity contribution in [1.29, 1.82) is 0 Å². The highest BCUT2D eigenvalue weighted by Gasteiger charge is 2.29. The molecule has 0 radical (unpaired) electrons. The van der Waals surface area contributed by atoms with E-state index in [4.69, 9.17) is 10.7 Å². The van der Waals surface area contributed by atoms with Crippen LogP contribution in [0, 0.1) is 11.7 Å². The molecule has 1 fully saturated rings. The van der Waals surface area contributed by atoms with Gasteiger partial charge in [-0.2, -0.15) is 9.61 Å². The summed E-state index contributed by atoms with van der Waals surface area (Å²) < 4.78 is 15.4. The fourth-order valence-electron chi connectivity index (χ4n) is 5.55. The molecule has 7 nitrogen and oxygen atoms in total. The molecule has 2 aromatic carbocycles. The van der Waals surface area contributed by atoms with Gasteiger partial charge in [-0.1, -0.05) is 30.3 Å². The number of pyridine rings is 1. The predicted octanol–water partition coefficient (Wildman–Crippen LogP) is 6.08. The molecule has 0 bridgehead atoms. The summed E-state index contributed by atoms with van der Waals surface area (Å²) in [5.74, 6) is -0.364. The molecule has 0 atom stereocenters. The van der Waals surface area contributed by atoms with Crippen LogP contribution in [0.2, 0.25) is 0 Å². The van der Waals surface area contributed by atoms with E-state index in [2.05, 4.69) is 16.1 Å². The van der Waals surface area contributed by atoms with Gasteiger partial charge in [0.15, 0.2) is 5.65 Å². The Balaban J connectivity index is 1.49. The van der Waals surface area contributed by atoms with Crippen LogP contribution in [0.15, 0.2) is 67.0 Å². The molecule has 0 saturated heterocycles. The Hall–Kier alpha value is -4.33. The van der Waals surface area contributed by atoms with Crippen LogP contribution in [0.4, 0.5) is 10.2 Å². The number of para-hydroxylation sites is 1. The van der Waals surface area contributed by atoms with E-state index in [1.54, 1.807) is 22.8 Å². The minimum absolute atomic E-state index is 0.106. The van der Waals surface area contributed by atoms with Crippen LogP contribution in [0.3, 0.4) is 0 Å². The molecule has 0 aliphatic heterocycles. The number of nitrogens with zero attached hydrogens (tertiary/aromatic N) is 4. The number of hydrogen-bond donors (Lipinski definition) is 2. The molecular weight excluding hydrogens is 469 g/mol. The summed E-state index contributed by atoms with van der Waals surface area (Å²) in [5.41, 5.74) is 12.4. The molecule has 3 heterocycles. The van der Waals surface area contributed by atoms with Gasteiger partial charge in [0.1, 0.15) is 11.6 Å². The van der Waals surface area contributed by atoms with E-state index in [1.807, 2.05) is 30.5 Å². The maximum Gasteiger partial charge on any atom is 0.303 e. The van der Waals surface area contributed by atoms with Crippen molar-refractivity contribution in [3.8, 4) is 22.3 Å². The van der Waals surface area contributed by atoms with Gasteiger partial charge >= 0.3 is 5.97 Å². The van der Waals surface area contributed by atoms with Gasteiger partial charge < -0.3 is 10.8 Å². The minimum atomic E-state index is -0.757. The van der Waals surface area contributed by atoms with E-state index < -0.39 is 5.97 Å². The summed E-state index contributed by atoms with van der Waals surface area (Å²) in [5, 5.41) is 14.8. The van der Waals surface area contributed by atoms with Crippen LogP contribution in [-0.2, 0) is 4.79 Å². The Bertz CT molecular complexity index is 1620. The lowest BCUT2D eigenvalue weighted by molar-refractivity contribution is -0.138. The monoisotopic (exact) mass is 495 g/mol. The molecule has 6 rings (SSSR count). The predicted molar refractivity (Wildman–Crippen MR) is 140 cm³/mol. The maximum atomic E-state index is 13.7. The van der Waals surface area contributed by atoms with Crippen molar-refractivity contribution < 1.29 is 14.3 Å². The molecule has 186 valence electrons. The number of benzene rings is 2. The largest absolute Gasteiger partial charge is 0.481 e. The second-order valence-electron chi connectivity index (χ2n) is 9.79. The summed E-state index contributed by atoms with van der Waals surface area (Å²) in [7, 11) is 0. The van der Waals surface area contributed by atoms with Crippen molar-refractivity contribution in [1.82, 2.24) is 19.6 Å². The Kier molecular flexibility index (Phi) is 5.79. The third-order valence-corrected chi connectivity index (χ3v) is 7.44. The van der Waals surface area contributed by atoms with Gasteiger partial charge in [0, 0.05) is 40.6 Å². The number of nitrogen functional groups attached to an aromatic ring is 1. The fraction of sp³-hybridized carbons (Fsp3) is 0.241. The third kappa shape index (κ3) is 4.28. The van der Waals surface area contributed by atoms with Gasteiger partial charge in [-0.25, -0.2) is 9.37 Å². The standard InChI is InChI=1S/C29H26FN5O2/c30-22-11-9-18(10-12-22)26-27(19-7-5-17(6-8-19)13-25(36)37)34-29-23(16-33-35(29)28(26)31)21-14-20-3-1-2-4-24(20)32-15-21/h1-4,9-12,14-17,19H,5-8,13,31H2,(H,36,37). The fourth-order valence-corrected chi connectivity index (χ4v) is 5.55. The number of carboxylic acids is 1. The van der Waals surface area contributed by atoms with Crippen LogP contribution in [0.25, 0.3) is 38.8 Å². The molecular formula is C29H26FN5O2. The number of fused-ring (bicyclic) bond motifs is 2. The topological polar surface area (TPSA) is 106 Å². The highest BCUT2D eigenvalue weighted by atomic mass is 19.1. The Morgan fingerprint density at radius 3 is 2.54 bits per heavy atom. The first-order chi connectivity index (χ1) is 18.0. The average Bonchev–Trinajstić information content (AvgIpc) is 3.34. The molecule has 1 aliphatic rings. The number of aliphatic carboxylic acids is 1. The smallest absolute Gasteiger partial charge is 0.303 e. The molecule has 37 heavy (non-hydrogen) atoms. The van der Waals surface area contributed by atoms with Crippen molar-refractivity contribution in [3.63, 3.8) is 0 Å². The lowest BCUT2D eigenvalue weighted by atomic mass is 9.77. The van der Waals surface area contributed by atoms with Crippen LogP contribution in [-0.4, -0.2) is 30.7 Å². The Morgan fingerprint density at radius 2 is 1.78 bits per heavy atom. The number of halogens is 1. The molecule has 1 aliphatic carbocycles. The first-order valence-electron chi connectivity index (χ1n) is 12.5. The summed E-state index contributed by atoms with van der Waals surface area (Å²) >= 11 is 0. The number of nitrogens with two attached hydrogens (primary N) is 1. The van der Waals surface area contributed by atoms with Crippen molar-refractivity contribution in [3.05, 3.63) is 78.5 Å². The average molecular weight is 496 g/mol. The lowest BCUT2D eigenvalue weighted by Crippen LogP contribution is -2.19. The zero-order valence-corrected chi connectivity index (χ0v) is 20.1. The lowest BCUT2D eigenvalue weighted by Gasteiger charge is -2.29. The van der Waals surface area contributed by atoms with E-state index in [0.29, 0.717) is 11.5 Å². The number of carbonyl (C=O) groups is 1. The van der Waals surface area contributed by atoms with Crippen LogP contribution < -0.4 is 5.73 Å². The minimum Gasteiger partial charge on any atom is -0.481 e. The molecule has 5 aromatic rings. The number of hydrogen-bond acceptors (Lipinski definition) is 5. The first kappa shape index (κ1) is 23.1. The van der Waals surface area contributed by atoms with E-state index in [9.17, 15) is 14.3 Å². The molecule has 0 amide bonds. The zero-order chi connectivity index (χ0) is 25.5. The maximum absolute atomic E-state index is 13.7. The number of rotatable bonds is 5. The van der Waals surface area contributed by atoms with Crippen LogP contribution in [0.5, 0.6) is 0 Å². The number of carboxylic acid groups (broad SMARTS) is 1. The highest BCUT2D eigenvalue weighted by Crippen LogP contribution is 2.43. The van der Waals surface area contributed by atoms with Crippen molar-refractivity contribution in [2.75, 3.05) is 5.73 Å². The number of aromatic nitrogens is 4. The molecule has 8 heteroatoms. The summed E-state index contributed by atoms with van der Waals surface area (Å²) in [6.07, 6.45) is 7.02. The van der Waals surface area contributed by atoms with Gasteiger partial charge in [-0.15, -0.1) is 0 Å². The second-order valence-corrected chi connectivity index (χ2v) is 9.79. The van der Waals surface area contributed by atoms with Crippen molar-refractivity contribution in [2.45, 2.75) is 38.0 Å². The first-order valence-corrected chi connectivity index (χ1v) is 12.5. The molecule has 1 saturated carbocycles. The van der Waals surface area contributed by atoms with Gasteiger partial charge in [0.25, 0.3) is 0 Å². The SMILES string of the molecule is Nc1c(-c2ccc(F)cc2)c(C2CCC(CC(=O)O)CC2)nc2c(-c3cnc4ccccc4c3)cnn12.